The van der Waals surface area contributed by atoms with Crippen LogP contribution in [0.3, 0.4) is 0 Å². The van der Waals surface area contributed by atoms with E-state index in [1.807, 2.05) is 6.92 Å². The fourth-order valence-corrected chi connectivity index (χ4v) is 2.36. The van der Waals surface area contributed by atoms with Crippen molar-refractivity contribution in [2.24, 2.45) is 11.8 Å². The van der Waals surface area contributed by atoms with Gasteiger partial charge in [0.25, 0.3) is 5.69 Å². The second-order valence-corrected chi connectivity index (χ2v) is 5.22. The first-order valence-electron chi connectivity index (χ1n) is 6.66. The third kappa shape index (κ3) is 2.94. The monoisotopic (exact) mass is 264 g/mol. The second kappa shape index (κ2) is 5.42. The van der Waals surface area contributed by atoms with Crippen LogP contribution in [0, 0.1) is 22.0 Å². The van der Waals surface area contributed by atoms with Gasteiger partial charge in [-0.2, -0.15) is 0 Å². The molecule has 1 fully saturated rings. The van der Waals surface area contributed by atoms with Crippen molar-refractivity contribution < 1.29 is 4.92 Å². The SMILES string of the molecule is CCNc1cc([N+](=O)[O-])cc(N2CC(C)C(C)C2)n1. The molecule has 0 aromatic carbocycles. The minimum absolute atomic E-state index is 0.0909. The van der Waals surface area contributed by atoms with E-state index in [1.165, 1.54) is 6.07 Å². The number of hydrogen-bond donors (Lipinski definition) is 1. The molecule has 0 bridgehead atoms. The van der Waals surface area contributed by atoms with Crippen LogP contribution < -0.4 is 10.2 Å². The molecular formula is C13H20N4O2. The molecule has 1 aliphatic rings. The van der Waals surface area contributed by atoms with Crippen molar-refractivity contribution in [2.75, 3.05) is 29.9 Å². The Labute approximate surface area is 113 Å². The maximum atomic E-state index is 11.0. The van der Waals surface area contributed by atoms with E-state index in [2.05, 4.69) is 29.0 Å². The van der Waals surface area contributed by atoms with Crippen molar-refractivity contribution in [2.45, 2.75) is 20.8 Å². The molecule has 1 N–H and O–H groups in total. The highest BCUT2D eigenvalue weighted by Crippen LogP contribution is 2.30. The topological polar surface area (TPSA) is 71.3 Å². The normalized spacial score (nSPS) is 22.6. The summed E-state index contributed by atoms with van der Waals surface area (Å²) in [7, 11) is 0. The number of nitrogens with zero attached hydrogens (tertiary/aromatic N) is 3. The molecule has 0 aliphatic carbocycles. The largest absolute Gasteiger partial charge is 0.370 e. The Morgan fingerprint density at radius 3 is 2.58 bits per heavy atom. The Bertz CT molecular complexity index is 468. The summed E-state index contributed by atoms with van der Waals surface area (Å²) in [6.45, 7) is 8.85. The zero-order chi connectivity index (χ0) is 14.0. The second-order valence-electron chi connectivity index (χ2n) is 5.22. The van der Waals surface area contributed by atoms with Gasteiger partial charge >= 0.3 is 0 Å². The van der Waals surface area contributed by atoms with Crippen LogP contribution in [-0.4, -0.2) is 29.5 Å². The lowest BCUT2D eigenvalue weighted by Crippen LogP contribution is -2.21. The molecule has 0 amide bonds. The van der Waals surface area contributed by atoms with E-state index in [0.717, 1.165) is 13.1 Å². The Balaban J connectivity index is 2.31. The highest BCUT2D eigenvalue weighted by molar-refractivity contribution is 5.56. The highest BCUT2D eigenvalue weighted by Gasteiger charge is 2.28. The quantitative estimate of drug-likeness (QED) is 0.668. The average molecular weight is 264 g/mol. The van der Waals surface area contributed by atoms with E-state index in [0.29, 0.717) is 30.0 Å². The minimum atomic E-state index is -0.366. The molecule has 6 nitrogen and oxygen atoms in total. The van der Waals surface area contributed by atoms with E-state index in [9.17, 15) is 10.1 Å². The summed E-state index contributed by atoms with van der Waals surface area (Å²) in [5, 5.41) is 14.0. The van der Waals surface area contributed by atoms with Gasteiger partial charge in [-0.3, -0.25) is 10.1 Å². The molecule has 104 valence electrons. The molecule has 2 rings (SSSR count). The van der Waals surface area contributed by atoms with Gasteiger partial charge in [-0.25, -0.2) is 4.98 Å². The maximum absolute atomic E-state index is 11.0. The van der Waals surface area contributed by atoms with Crippen LogP contribution in [0.15, 0.2) is 12.1 Å². The number of pyridine rings is 1. The summed E-state index contributed by atoms with van der Waals surface area (Å²) >= 11 is 0. The van der Waals surface area contributed by atoms with Crippen LogP contribution in [0.5, 0.6) is 0 Å². The summed E-state index contributed by atoms with van der Waals surface area (Å²) in [6.07, 6.45) is 0. The molecule has 19 heavy (non-hydrogen) atoms. The van der Waals surface area contributed by atoms with Crippen LogP contribution in [0.2, 0.25) is 0 Å². The number of nitrogens with one attached hydrogen (secondary N) is 1. The van der Waals surface area contributed by atoms with E-state index in [-0.39, 0.29) is 10.6 Å². The standard InChI is InChI=1S/C13H20N4O2/c1-4-14-12-5-11(17(18)19)6-13(15-12)16-7-9(2)10(3)8-16/h5-6,9-10H,4,7-8H2,1-3H3,(H,14,15). The third-order valence-corrected chi connectivity index (χ3v) is 3.68. The summed E-state index contributed by atoms with van der Waals surface area (Å²) in [6, 6.07) is 3.04. The highest BCUT2D eigenvalue weighted by atomic mass is 16.6. The molecule has 2 heterocycles. The number of rotatable bonds is 4. The number of anilines is 2. The van der Waals surface area contributed by atoms with Crippen LogP contribution in [0.1, 0.15) is 20.8 Å². The third-order valence-electron chi connectivity index (χ3n) is 3.68. The Hall–Kier alpha value is -1.85. The lowest BCUT2D eigenvalue weighted by atomic mass is 10.0. The van der Waals surface area contributed by atoms with E-state index in [4.69, 9.17) is 0 Å². The molecule has 0 saturated carbocycles. The van der Waals surface area contributed by atoms with Gasteiger partial charge in [0.2, 0.25) is 0 Å². The molecule has 0 spiro atoms. The van der Waals surface area contributed by atoms with Gasteiger partial charge in [0.1, 0.15) is 11.6 Å². The van der Waals surface area contributed by atoms with Gasteiger partial charge in [0.05, 0.1) is 17.1 Å². The summed E-state index contributed by atoms with van der Waals surface area (Å²) in [5.74, 6) is 2.44. The van der Waals surface area contributed by atoms with Gasteiger partial charge in [0, 0.05) is 19.6 Å². The summed E-state index contributed by atoms with van der Waals surface area (Å²) in [5.41, 5.74) is 0.0909. The van der Waals surface area contributed by atoms with Gasteiger partial charge in [-0.1, -0.05) is 13.8 Å². The summed E-state index contributed by atoms with van der Waals surface area (Å²) in [4.78, 5) is 17.2. The zero-order valence-corrected chi connectivity index (χ0v) is 11.6. The van der Waals surface area contributed by atoms with Gasteiger partial charge in [0.15, 0.2) is 0 Å². The lowest BCUT2D eigenvalue weighted by molar-refractivity contribution is -0.384. The molecule has 1 aliphatic heterocycles. The molecule has 2 unspecified atom stereocenters. The Morgan fingerprint density at radius 1 is 1.42 bits per heavy atom. The fourth-order valence-electron chi connectivity index (χ4n) is 2.36. The van der Waals surface area contributed by atoms with Crippen LogP contribution in [-0.2, 0) is 0 Å². The molecule has 1 aromatic heterocycles. The van der Waals surface area contributed by atoms with Crippen LogP contribution in [0.25, 0.3) is 0 Å². The fraction of sp³-hybridized carbons (Fsp3) is 0.615. The zero-order valence-electron chi connectivity index (χ0n) is 11.6. The van der Waals surface area contributed by atoms with Crippen LogP contribution in [0.4, 0.5) is 17.3 Å². The molecule has 1 aromatic rings. The Morgan fingerprint density at radius 2 is 2.05 bits per heavy atom. The molecule has 0 radical (unpaired) electrons. The van der Waals surface area contributed by atoms with Gasteiger partial charge < -0.3 is 10.2 Å². The van der Waals surface area contributed by atoms with E-state index < -0.39 is 0 Å². The molecular weight excluding hydrogens is 244 g/mol. The Kier molecular flexibility index (Phi) is 3.87. The molecule has 6 heteroatoms. The lowest BCUT2D eigenvalue weighted by Gasteiger charge is -2.18. The van der Waals surface area contributed by atoms with Crippen molar-refractivity contribution in [1.82, 2.24) is 4.98 Å². The van der Waals surface area contributed by atoms with Crippen molar-refractivity contribution in [3.05, 3.63) is 22.2 Å². The number of hydrogen-bond acceptors (Lipinski definition) is 5. The first kappa shape index (κ1) is 13.6. The first-order valence-corrected chi connectivity index (χ1v) is 6.66. The van der Waals surface area contributed by atoms with Crippen molar-refractivity contribution in [1.29, 1.82) is 0 Å². The maximum Gasteiger partial charge on any atom is 0.276 e. The predicted octanol–water partition coefficient (Wildman–Crippen LogP) is 2.51. The molecule has 1 saturated heterocycles. The number of nitro groups is 1. The van der Waals surface area contributed by atoms with Crippen molar-refractivity contribution in [3.63, 3.8) is 0 Å². The predicted molar refractivity (Wildman–Crippen MR) is 75.6 cm³/mol. The van der Waals surface area contributed by atoms with Crippen molar-refractivity contribution >= 4 is 17.3 Å². The van der Waals surface area contributed by atoms with Crippen LogP contribution >= 0.6 is 0 Å². The van der Waals surface area contributed by atoms with E-state index >= 15 is 0 Å². The minimum Gasteiger partial charge on any atom is -0.370 e. The molecule has 2 atom stereocenters. The van der Waals surface area contributed by atoms with Gasteiger partial charge in [-0.15, -0.1) is 0 Å². The van der Waals surface area contributed by atoms with Gasteiger partial charge in [-0.05, 0) is 18.8 Å². The average Bonchev–Trinajstić information content (AvgIpc) is 2.70. The van der Waals surface area contributed by atoms with E-state index in [1.54, 1.807) is 6.07 Å². The number of aromatic nitrogens is 1. The van der Waals surface area contributed by atoms with Crippen molar-refractivity contribution in [3.8, 4) is 0 Å². The smallest absolute Gasteiger partial charge is 0.276 e. The summed E-state index contributed by atoms with van der Waals surface area (Å²) < 4.78 is 0. The first-order chi connectivity index (χ1) is 9.01.